The molecule has 0 aromatic heterocycles. The number of ether oxygens (including phenoxy) is 1. The first-order valence-electron chi connectivity index (χ1n) is 7.77. The Labute approximate surface area is 126 Å². The lowest BCUT2D eigenvalue weighted by Crippen LogP contribution is -2.47. The van der Waals surface area contributed by atoms with Gasteiger partial charge < -0.3 is 9.84 Å². The fourth-order valence-electron chi connectivity index (χ4n) is 3.09. The highest BCUT2D eigenvalue weighted by atomic mass is 16.5. The van der Waals surface area contributed by atoms with Crippen molar-refractivity contribution in [2.45, 2.75) is 39.7 Å². The second-order valence-corrected chi connectivity index (χ2v) is 5.83. The monoisotopic (exact) mass is 291 g/mol. The predicted octanol–water partition coefficient (Wildman–Crippen LogP) is 3.16. The lowest BCUT2D eigenvalue weighted by Gasteiger charge is -2.39. The van der Waals surface area contributed by atoms with Gasteiger partial charge in [0.1, 0.15) is 5.75 Å². The maximum absolute atomic E-state index is 11.6. The minimum Gasteiger partial charge on any atom is -0.494 e. The number of piperidine rings is 1. The minimum absolute atomic E-state index is 0.566. The molecule has 1 aromatic carbocycles. The number of hydrogen-bond acceptors (Lipinski definition) is 3. The lowest BCUT2D eigenvalue weighted by atomic mass is 9.77. The van der Waals surface area contributed by atoms with E-state index in [1.54, 1.807) is 0 Å². The summed E-state index contributed by atoms with van der Waals surface area (Å²) in [5, 5.41) is 9.52. The first kappa shape index (κ1) is 15.8. The van der Waals surface area contributed by atoms with E-state index in [0.717, 1.165) is 31.7 Å². The number of carboxylic acid groups (broad SMARTS) is 1. The molecule has 0 radical (unpaired) electrons. The molecule has 1 aliphatic heterocycles. The summed E-state index contributed by atoms with van der Waals surface area (Å²) >= 11 is 0. The van der Waals surface area contributed by atoms with Crippen molar-refractivity contribution in [2.75, 3.05) is 19.7 Å². The van der Waals surface area contributed by atoms with Gasteiger partial charge in [0.2, 0.25) is 0 Å². The number of hydrogen-bond donors (Lipinski definition) is 1. The highest BCUT2D eigenvalue weighted by molar-refractivity contribution is 5.75. The molecule has 0 saturated carbocycles. The zero-order chi connectivity index (χ0) is 15.3. The molecule has 0 bridgehead atoms. The van der Waals surface area contributed by atoms with Gasteiger partial charge in [-0.1, -0.05) is 19.1 Å². The number of benzene rings is 1. The molecular weight excluding hydrogens is 266 g/mol. The van der Waals surface area contributed by atoms with Crippen LogP contribution in [0.15, 0.2) is 24.3 Å². The van der Waals surface area contributed by atoms with E-state index in [1.165, 1.54) is 5.56 Å². The van der Waals surface area contributed by atoms with E-state index in [4.69, 9.17) is 4.74 Å². The highest BCUT2D eigenvalue weighted by Gasteiger charge is 2.40. The van der Waals surface area contributed by atoms with Gasteiger partial charge in [0, 0.05) is 13.1 Å². The van der Waals surface area contributed by atoms with Gasteiger partial charge in [-0.3, -0.25) is 9.69 Å². The second kappa shape index (κ2) is 6.94. The van der Waals surface area contributed by atoms with Crippen LogP contribution in [0, 0.1) is 5.41 Å². The molecular formula is C17H25NO3. The topological polar surface area (TPSA) is 49.8 Å². The van der Waals surface area contributed by atoms with E-state index < -0.39 is 11.4 Å². The van der Waals surface area contributed by atoms with Gasteiger partial charge in [0.25, 0.3) is 0 Å². The van der Waals surface area contributed by atoms with Gasteiger partial charge in [-0.05, 0) is 50.4 Å². The van der Waals surface area contributed by atoms with Crippen LogP contribution in [0.1, 0.15) is 38.7 Å². The summed E-state index contributed by atoms with van der Waals surface area (Å²) in [7, 11) is 0. The predicted molar refractivity (Wildman–Crippen MR) is 82.5 cm³/mol. The summed E-state index contributed by atoms with van der Waals surface area (Å²) in [6.07, 6.45) is 2.44. The van der Waals surface area contributed by atoms with Gasteiger partial charge in [-0.2, -0.15) is 0 Å². The minimum atomic E-state index is -0.651. The Hall–Kier alpha value is -1.55. The molecule has 4 heteroatoms. The fraction of sp³-hybridized carbons (Fsp3) is 0.588. The fourth-order valence-corrected chi connectivity index (χ4v) is 3.09. The lowest BCUT2D eigenvalue weighted by molar-refractivity contribution is -0.153. The van der Waals surface area contributed by atoms with Crippen LogP contribution < -0.4 is 4.74 Å². The summed E-state index contributed by atoms with van der Waals surface area (Å²) < 4.78 is 5.44. The first-order valence-corrected chi connectivity index (χ1v) is 7.77. The molecule has 1 heterocycles. The Morgan fingerprint density at radius 1 is 1.33 bits per heavy atom. The molecule has 0 spiro atoms. The maximum Gasteiger partial charge on any atom is 0.310 e. The van der Waals surface area contributed by atoms with Crippen LogP contribution in [-0.4, -0.2) is 35.7 Å². The molecule has 0 amide bonds. The third-order valence-corrected chi connectivity index (χ3v) is 4.43. The molecule has 1 aromatic rings. The van der Waals surface area contributed by atoms with Crippen molar-refractivity contribution < 1.29 is 14.6 Å². The van der Waals surface area contributed by atoms with Crippen molar-refractivity contribution >= 4 is 5.97 Å². The van der Waals surface area contributed by atoms with Crippen LogP contribution in [0.3, 0.4) is 0 Å². The number of likely N-dealkylation sites (tertiary alicyclic amines) is 1. The normalized spacial score (nSPS) is 23.0. The zero-order valence-corrected chi connectivity index (χ0v) is 13.0. The molecule has 1 atom stereocenters. The summed E-state index contributed by atoms with van der Waals surface area (Å²) in [4.78, 5) is 13.8. The SMILES string of the molecule is CCOc1ccc(CN2CCCC(CC)(C(=O)O)C2)cc1. The van der Waals surface area contributed by atoms with Crippen LogP contribution in [0.2, 0.25) is 0 Å². The van der Waals surface area contributed by atoms with E-state index in [9.17, 15) is 9.90 Å². The number of rotatable bonds is 6. The van der Waals surface area contributed by atoms with Crippen molar-refractivity contribution in [3.63, 3.8) is 0 Å². The van der Waals surface area contributed by atoms with E-state index in [0.29, 0.717) is 19.6 Å². The van der Waals surface area contributed by atoms with Gasteiger partial charge >= 0.3 is 5.97 Å². The van der Waals surface area contributed by atoms with Crippen LogP contribution in [0.25, 0.3) is 0 Å². The summed E-state index contributed by atoms with van der Waals surface area (Å²) in [6, 6.07) is 8.09. The van der Waals surface area contributed by atoms with E-state index >= 15 is 0 Å². The average Bonchev–Trinajstić information content (AvgIpc) is 2.49. The van der Waals surface area contributed by atoms with Gasteiger partial charge in [-0.15, -0.1) is 0 Å². The van der Waals surface area contributed by atoms with Gasteiger partial charge in [0.05, 0.1) is 12.0 Å². The molecule has 1 saturated heterocycles. The standard InChI is InChI=1S/C17H25NO3/c1-3-17(16(19)20)10-5-11-18(13-17)12-14-6-8-15(9-7-14)21-4-2/h6-9H,3-5,10-13H2,1-2H3,(H,19,20). The molecule has 1 N–H and O–H groups in total. The molecule has 1 fully saturated rings. The quantitative estimate of drug-likeness (QED) is 0.874. The highest BCUT2D eigenvalue weighted by Crippen LogP contribution is 2.34. The largest absolute Gasteiger partial charge is 0.494 e. The molecule has 1 unspecified atom stereocenters. The van der Waals surface area contributed by atoms with Crippen molar-refractivity contribution in [1.29, 1.82) is 0 Å². The average molecular weight is 291 g/mol. The number of carboxylic acids is 1. The Balaban J connectivity index is 2.00. The summed E-state index contributed by atoms with van der Waals surface area (Å²) in [5.41, 5.74) is 0.638. The van der Waals surface area contributed by atoms with Crippen molar-refractivity contribution in [2.24, 2.45) is 5.41 Å². The first-order chi connectivity index (χ1) is 10.1. The molecule has 0 aliphatic carbocycles. The Bertz CT molecular complexity index is 471. The maximum atomic E-state index is 11.6. The van der Waals surface area contributed by atoms with Crippen molar-refractivity contribution in [3.05, 3.63) is 29.8 Å². The van der Waals surface area contributed by atoms with Crippen LogP contribution in [0.5, 0.6) is 5.75 Å². The second-order valence-electron chi connectivity index (χ2n) is 5.83. The Kier molecular flexibility index (Phi) is 5.23. The van der Waals surface area contributed by atoms with Crippen molar-refractivity contribution in [3.8, 4) is 5.75 Å². The van der Waals surface area contributed by atoms with E-state index in [2.05, 4.69) is 17.0 Å². The number of carbonyl (C=O) groups is 1. The summed E-state index contributed by atoms with van der Waals surface area (Å²) in [5.74, 6) is 0.231. The molecule has 21 heavy (non-hydrogen) atoms. The van der Waals surface area contributed by atoms with Gasteiger partial charge in [-0.25, -0.2) is 0 Å². The number of nitrogens with zero attached hydrogens (tertiary/aromatic N) is 1. The van der Waals surface area contributed by atoms with Crippen LogP contribution in [-0.2, 0) is 11.3 Å². The molecule has 1 aliphatic rings. The molecule has 116 valence electrons. The Morgan fingerprint density at radius 2 is 2.05 bits per heavy atom. The molecule has 4 nitrogen and oxygen atoms in total. The zero-order valence-electron chi connectivity index (χ0n) is 13.0. The summed E-state index contributed by atoms with van der Waals surface area (Å²) in [6.45, 7) is 7.05. The third kappa shape index (κ3) is 3.76. The smallest absolute Gasteiger partial charge is 0.310 e. The molecule has 2 rings (SSSR count). The third-order valence-electron chi connectivity index (χ3n) is 4.43. The van der Waals surface area contributed by atoms with Crippen LogP contribution >= 0.6 is 0 Å². The van der Waals surface area contributed by atoms with E-state index in [1.807, 2.05) is 26.0 Å². The van der Waals surface area contributed by atoms with Crippen LogP contribution in [0.4, 0.5) is 0 Å². The Morgan fingerprint density at radius 3 is 2.62 bits per heavy atom. The van der Waals surface area contributed by atoms with E-state index in [-0.39, 0.29) is 0 Å². The number of aliphatic carboxylic acids is 1. The van der Waals surface area contributed by atoms with Crippen molar-refractivity contribution in [1.82, 2.24) is 4.90 Å². The van der Waals surface area contributed by atoms with Gasteiger partial charge in [0.15, 0.2) is 0 Å².